The van der Waals surface area contributed by atoms with Gasteiger partial charge in [0.05, 0.1) is 13.1 Å². The lowest BCUT2D eigenvalue weighted by atomic mass is 10.3. The number of para-hydroxylation sites is 1. The molecule has 66 valence electrons. The number of phenols is 1. The Morgan fingerprint density at radius 1 is 1.25 bits per heavy atom. The van der Waals surface area contributed by atoms with E-state index in [-0.39, 0.29) is 5.75 Å². The molecule has 1 rings (SSSR count). The van der Waals surface area contributed by atoms with E-state index in [0.717, 1.165) is 5.19 Å². The van der Waals surface area contributed by atoms with Crippen LogP contribution in [-0.2, 0) is 0 Å². The van der Waals surface area contributed by atoms with Crippen LogP contribution in [0, 0.1) is 0 Å². The Kier molecular flexibility index (Phi) is 2.49. The Morgan fingerprint density at radius 2 is 1.83 bits per heavy atom. The lowest BCUT2D eigenvalue weighted by molar-refractivity contribution is 0.479. The number of benzene rings is 1. The van der Waals surface area contributed by atoms with Crippen molar-refractivity contribution in [2.75, 3.05) is 0 Å². The Balaban J connectivity index is 3.26. The van der Waals surface area contributed by atoms with Crippen LogP contribution < -0.4 is 5.19 Å². The molecule has 0 unspecified atom stereocenters. The van der Waals surface area contributed by atoms with Gasteiger partial charge in [0.1, 0.15) is 5.75 Å². The third kappa shape index (κ3) is 1.82. The first-order valence-electron chi connectivity index (χ1n) is 3.91. The van der Waals surface area contributed by atoms with Crippen LogP contribution in [0.25, 0.3) is 0 Å². The predicted molar refractivity (Wildman–Crippen MR) is 56.1 cm³/mol. The van der Waals surface area contributed by atoms with E-state index in [4.69, 9.17) is 11.6 Å². The monoisotopic (exact) mass is 200 g/mol. The summed E-state index contributed by atoms with van der Waals surface area (Å²) in [6, 6.07) is 5.55. The van der Waals surface area contributed by atoms with Crippen LogP contribution in [0.5, 0.6) is 5.75 Å². The van der Waals surface area contributed by atoms with Crippen molar-refractivity contribution in [2.24, 2.45) is 0 Å². The van der Waals surface area contributed by atoms with Crippen LogP contribution in [0.1, 0.15) is 0 Å². The van der Waals surface area contributed by atoms with E-state index < -0.39 is 8.07 Å². The molecule has 1 N–H and O–H groups in total. The van der Waals surface area contributed by atoms with Gasteiger partial charge in [-0.05, 0) is 11.3 Å². The summed E-state index contributed by atoms with van der Waals surface area (Å²) in [6.07, 6.45) is 0. The fourth-order valence-electron chi connectivity index (χ4n) is 1.12. The van der Waals surface area contributed by atoms with E-state index >= 15 is 0 Å². The van der Waals surface area contributed by atoms with E-state index in [1.54, 1.807) is 6.07 Å². The zero-order chi connectivity index (χ0) is 9.35. The average molecular weight is 201 g/mol. The first-order chi connectivity index (χ1) is 5.43. The van der Waals surface area contributed by atoms with Gasteiger partial charge in [0, 0.05) is 0 Å². The van der Waals surface area contributed by atoms with Gasteiger partial charge in [-0.15, -0.1) is 0 Å². The van der Waals surface area contributed by atoms with Crippen molar-refractivity contribution in [3.05, 3.63) is 23.2 Å². The molecular formula is C9H13ClOSi. The molecule has 0 aliphatic heterocycles. The summed E-state index contributed by atoms with van der Waals surface area (Å²) in [5.74, 6) is 0.262. The third-order valence-corrected chi connectivity index (χ3v) is 4.12. The van der Waals surface area contributed by atoms with E-state index in [1.807, 2.05) is 12.1 Å². The number of hydrogen-bond donors (Lipinski definition) is 1. The summed E-state index contributed by atoms with van der Waals surface area (Å²) >= 11 is 5.79. The summed E-state index contributed by atoms with van der Waals surface area (Å²) in [6.45, 7) is 6.54. The Morgan fingerprint density at radius 3 is 2.25 bits per heavy atom. The quantitative estimate of drug-likeness (QED) is 0.692. The minimum Gasteiger partial charge on any atom is -0.507 e. The zero-order valence-electron chi connectivity index (χ0n) is 7.56. The lowest BCUT2D eigenvalue weighted by Gasteiger charge is -2.18. The number of halogens is 1. The van der Waals surface area contributed by atoms with Crippen molar-refractivity contribution < 1.29 is 5.11 Å². The molecule has 0 amide bonds. The van der Waals surface area contributed by atoms with Crippen LogP contribution in [0.15, 0.2) is 18.2 Å². The van der Waals surface area contributed by atoms with Crippen molar-refractivity contribution in [2.45, 2.75) is 19.6 Å². The molecule has 0 aromatic heterocycles. The second kappa shape index (κ2) is 3.11. The Labute approximate surface area is 79.0 Å². The second-order valence-electron chi connectivity index (χ2n) is 3.89. The summed E-state index contributed by atoms with van der Waals surface area (Å²) in [7, 11) is -1.44. The van der Waals surface area contributed by atoms with Crippen molar-refractivity contribution in [1.82, 2.24) is 0 Å². The van der Waals surface area contributed by atoms with Gasteiger partial charge in [-0.25, -0.2) is 0 Å². The van der Waals surface area contributed by atoms with Crippen molar-refractivity contribution in [3.63, 3.8) is 0 Å². The molecular weight excluding hydrogens is 188 g/mol. The maximum atomic E-state index is 9.64. The van der Waals surface area contributed by atoms with Gasteiger partial charge in [-0.3, -0.25) is 0 Å². The Bertz CT molecular complexity index is 291. The van der Waals surface area contributed by atoms with Gasteiger partial charge in [-0.1, -0.05) is 43.4 Å². The van der Waals surface area contributed by atoms with Gasteiger partial charge in [0.2, 0.25) is 0 Å². The number of rotatable bonds is 1. The first-order valence-corrected chi connectivity index (χ1v) is 7.78. The highest BCUT2D eigenvalue weighted by Gasteiger charge is 2.20. The van der Waals surface area contributed by atoms with Crippen LogP contribution in [-0.4, -0.2) is 13.2 Å². The molecule has 0 heterocycles. The number of phenolic OH excluding ortho intramolecular Hbond substituents is 1. The van der Waals surface area contributed by atoms with Crippen LogP contribution in [0.4, 0.5) is 0 Å². The smallest absolute Gasteiger partial charge is 0.133 e. The second-order valence-corrected chi connectivity index (χ2v) is 9.33. The van der Waals surface area contributed by atoms with E-state index in [9.17, 15) is 5.11 Å². The predicted octanol–water partition coefficient (Wildman–Crippen LogP) is 2.59. The first kappa shape index (κ1) is 9.61. The van der Waals surface area contributed by atoms with E-state index in [2.05, 4.69) is 19.6 Å². The molecule has 0 radical (unpaired) electrons. The Hall–Kier alpha value is -0.473. The van der Waals surface area contributed by atoms with E-state index in [0.29, 0.717) is 5.02 Å². The molecule has 1 aromatic carbocycles. The molecule has 0 spiro atoms. The van der Waals surface area contributed by atoms with Crippen molar-refractivity contribution in [3.8, 4) is 5.75 Å². The molecule has 3 heteroatoms. The normalized spacial score (nSPS) is 11.7. The average Bonchev–Trinajstić information content (AvgIpc) is 1.92. The number of aromatic hydroxyl groups is 1. The maximum absolute atomic E-state index is 9.64. The fraction of sp³-hybridized carbons (Fsp3) is 0.333. The van der Waals surface area contributed by atoms with Gasteiger partial charge in [0.15, 0.2) is 0 Å². The van der Waals surface area contributed by atoms with Crippen LogP contribution in [0.3, 0.4) is 0 Å². The molecule has 1 aromatic rings. The highest BCUT2D eigenvalue weighted by molar-refractivity contribution is 6.89. The van der Waals surface area contributed by atoms with Gasteiger partial charge in [0.25, 0.3) is 0 Å². The highest BCUT2D eigenvalue weighted by atomic mass is 35.5. The van der Waals surface area contributed by atoms with Crippen molar-refractivity contribution >= 4 is 24.9 Å². The largest absolute Gasteiger partial charge is 0.507 e. The minimum absolute atomic E-state index is 0.262. The summed E-state index contributed by atoms with van der Waals surface area (Å²) in [4.78, 5) is 0. The molecule has 1 nitrogen and oxygen atoms in total. The van der Waals surface area contributed by atoms with Gasteiger partial charge in [-0.2, -0.15) is 0 Å². The minimum atomic E-state index is -1.44. The van der Waals surface area contributed by atoms with Crippen molar-refractivity contribution in [1.29, 1.82) is 0 Å². The molecule has 0 aliphatic carbocycles. The summed E-state index contributed by atoms with van der Waals surface area (Å²) in [5, 5.41) is 11.1. The molecule has 0 aliphatic rings. The maximum Gasteiger partial charge on any atom is 0.133 e. The van der Waals surface area contributed by atoms with Gasteiger partial charge < -0.3 is 5.11 Å². The molecule has 0 atom stereocenters. The number of hydrogen-bond acceptors (Lipinski definition) is 1. The highest BCUT2D eigenvalue weighted by Crippen LogP contribution is 2.22. The summed E-state index contributed by atoms with van der Waals surface area (Å²) < 4.78 is 0. The molecule has 12 heavy (non-hydrogen) atoms. The molecule has 0 saturated carbocycles. The topological polar surface area (TPSA) is 20.2 Å². The third-order valence-electron chi connectivity index (χ3n) is 1.79. The zero-order valence-corrected chi connectivity index (χ0v) is 9.31. The molecule has 0 bridgehead atoms. The molecule has 0 saturated heterocycles. The SMILES string of the molecule is C[Si](C)(C)c1cccc(Cl)c1O. The summed E-state index contributed by atoms with van der Waals surface area (Å²) in [5.41, 5.74) is 0. The molecule has 0 fully saturated rings. The standard InChI is InChI=1S/C9H13ClOSi/c1-12(2,3)8-6-4-5-7(10)9(8)11/h4-6,11H,1-3H3. The fourth-order valence-corrected chi connectivity index (χ4v) is 2.82. The van der Waals surface area contributed by atoms with E-state index in [1.165, 1.54) is 0 Å². The van der Waals surface area contributed by atoms with Crippen LogP contribution >= 0.6 is 11.6 Å². The van der Waals surface area contributed by atoms with Gasteiger partial charge >= 0.3 is 0 Å². The lowest BCUT2D eigenvalue weighted by Crippen LogP contribution is -2.37. The van der Waals surface area contributed by atoms with Crippen LogP contribution in [0.2, 0.25) is 24.7 Å².